The van der Waals surface area contributed by atoms with Crippen LogP contribution in [-0.2, 0) is 24.8 Å². The van der Waals surface area contributed by atoms with Gasteiger partial charge in [0.05, 0.1) is 7.11 Å². The van der Waals surface area contributed by atoms with Crippen molar-refractivity contribution in [2.45, 2.75) is 19.6 Å². The second kappa shape index (κ2) is 6.68. The molecule has 0 saturated heterocycles. The Kier molecular flexibility index (Phi) is 5.53. The molecule has 1 heterocycles. The lowest BCUT2D eigenvalue weighted by atomic mass is 10.1. The number of hydrogen-bond acceptors (Lipinski definition) is 5. The van der Waals surface area contributed by atoms with Gasteiger partial charge in [-0.05, 0) is 31.4 Å². The summed E-state index contributed by atoms with van der Waals surface area (Å²) in [5, 5.41) is 1.95. The molecule has 0 saturated carbocycles. The minimum Gasteiger partial charge on any atom is -0.466 e. The summed E-state index contributed by atoms with van der Waals surface area (Å²) < 4.78 is 15.5. The Morgan fingerprint density at radius 1 is 1.50 bits per heavy atom. The maximum atomic E-state index is 11.0. The van der Waals surface area contributed by atoms with Crippen LogP contribution in [0.2, 0.25) is 0 Å². The van der Waals surface area contributed by atoms with Gasteiger partial charge in [0.1, 0.15) is 0 Å². The van der Waals surface area contributed by atoms with E-state index in [9.17, 15) is 4.79 Å². The van der Waals surface area contributed by atoms with E-state index in [1.165, 1.54) is 24.5 Å². The zero-order valence-corrected chi connectivity index (χ0v) is 11.9. The summed E-state index contributed by atoms with van der Waals surface area (Å²) in [5.41, 5.74) is 0.932. The van der Waals surface area contributed by atoms with Gasteiger partial charge in [-0.3, -0.25) is 0 Å². The van der Waals surface area contributed by atoms with E-state index < -0.39 is 5.79 Å². The number of ether oxygens (including phenoxy) is 3. The Morgan fingerprint density at radius 2 is 2.22 bits per heavy atom. The van der Waals surface area contributed by atoms with E-state index in [0.29, 0.717) is 6.61 Å². The molecule has 4 nitrogen and oxygen atoms in total. The Bertz CT molecular complexity index is 424. The first kappa shape index (κ1) is 14.9. The molecule has 100 valence electrons. The monoisotopic (exact) mass is 270 g/mol. The molecule has 0 radical (unpaired) electrons. The summed E-state index contributed by atoms with van der Waals surface area (Å²) >= 11 is 1.52. The van der Waals surface area contributed by atoms with Gasteiger partial charge < -0.3 is 14.2 Å². The van der Waals surface area contributed by atoms with Crippen molar-refractivity contribution in [3.63, 3.8) is 0 Å². The number of hydrogen-bond donors (Lipinski definition) is 0. The maximum Gasteiger partial charge on any atom is 0.330 e. The SMILES string of the molecule is CCOC(C)(OC)c1csc(/C=C/C(=O)OC)c1. The maximum absolute atomic E-state index is 11.0. The third kappa shape index (κ3) is 3.66. The number of carbonyl (C=O) groups is 1. The molecule has 0 amide bonds. The Hall–Kier alpha value is -1.17. The number of methoxy groups -OCH3 is 2. The molecule has 0 aromatic carbocycles. The quantitative estimate of drug-likeness (QED) is 0.453. The van der Waals surface area contributed by atoms with Gasteiger partial charge in [0, 0.05) is 30.2 Å². The van der Waals surface area contributed by atoms with Gasteiger partial charge in [0.25, 0.3) is 0 Å². The highest BCUT2D eigenvalue weighted by Crippen LogP contribution is 2.30. The summed E-state index contributed by atoms with van der Waals surface area (Å²) in [4.78, 5) is 11.9. The first-order valence-electron chi connectivity index (χ1n) is 5.60. The molecule has 1 unspecified atom stereocenters. The van der Waals surface area contributed by atoms with Crippen LogP contribution >= 0.6 is 11.3 Å². The highest BCUT2D eigenvalue weighted by atomic mass is 32.1. The predicted octanol–water partition coefficient (Wildman–Crippen LogP) is 2.79. The largest absolute Gasteiger partial charge is 0.466 e. The van der Waals surface area contributed by atoms with E-state index in [4.69, 9.17) is 9.47 Å². The van der Waals surface area contributed by atoms with Crippen molar-refractivity contribution in [3.8, 4) is 0 Å². The predicted molar refractivity (Wildman–Crippen MR) is 71.4 cm³/mol. The lowest BCUT2D eigenvalue weighted by Crippen LogP contribution is -2.27. The van der Waals surface area contributed by atoms with Crippen LogP contribution in [0.5, 0.6) is 0 Å². The number of esters is 1. The minimum absolute atomic E-state index is 0.371. The van der Waals surface area contributed by atoms with Gasteiger partial charge in [0.15, 0.2) is 5.79 Å². The molecule has 0 N–H and O–H groups in total. The average molecular weight is 270 g/mol. The molecule has 0 spiro atoms. The lowest BCUT2D eigenvalue weighted by molar-refractivity contribution is -0.216. The van der Waals surface area contributed by atoms with Crippen LogP contribution < -0.4 is 0 Å². The topological polar surface area (TPSA) is 44.8 Å². The van der Waals surface area contributed by atoms with E-state index in [1.54, 1.807) is 13.2 Å². The summed E-state index contributed by atoms with van der Waals surface area (Å²) in [7, 11) is 2.96. The second-order valence-electron chi connectivity index (χ2n) is 3.68. The molecule has 5 heteroatoms. The molecule has 1 aromatic heterocycles. The molecular weight excluding hydrogens is 252 g/mol. The van der Waals surface area contributed by atoms with Crippen molar-refractivity contribution in [1.29, 1.82) is 0 Å². The fourth-order valence-electron chi connectivity index (χ4n) is 1.43. The third-order valence-electron chi connectivity index (χ3n) is 2.54. The van der Waals surface area contributed by atoms with Gasteiger partial charge in [0.2, 0.25) is 0 Å². The van der Waals surface area contributed by atoms with E-state index in [1.807, 2.05) is 25.3 Å². The normalized spacial score (nSPS) is 14.7. The Balaban J connectivity index is 2.85. The van der Waals surface area contributed by atoms with Crippen LogP contribution in [0.3, 0.4) is 0 Å². The molecule has 0 aliphatic carbocycles. The Morgan fingerprint density at radius 3 is 2.78 bits per heavy atom. The van der Waals surface area contributed by atoms with Crippen LogP contribution in [0.25, 0.3) is 6.08 Å². The number of thiophene rings is 1. The molecule has 18 heavy (non-hydrogen) atoms. The molecule has 1 rings (SSSR count). The molecule has 0 fully saturated rings. The van der Waals surface area contributed by atoms with Crippen molar-refractivity contribution < 1.29 is 19.0 Å². The van der Waals surface area contributed by atoms with Crippen LogP contribution in [0.1, 0.15) is 24.3 Å². The first-order valence-corrected chi connectivity index (χ1v) is 6.47. The number of carbonyl (C=O) groups excluding carboxylic acids is 1. The fourth-order valence-corrected chi connectivity index (χ4v) is 2.32. The second-order valence-corrected chi connectivity index (χ2v) is 4.62. The first-order chi connectivity index (χ1) is 8.55. The van der Waals surface area contributed by atoms with Gasteiger partial charge in [-0.1, -0.05) is 0 Å². The van der Waals surface area contributed by atoms with Crippen molar-refractivity contribution in [2.24, 2.45) is 0 Å². The fraction of sp³-hybridized carbons (Fsp3) is 0.462. The van der Waals surface area contributed by atoms with E-state index in [0.717, 1.165) is 10.4 Å². The van der Waals surface area contributed by atoms with E-state index in [-0.39, 0.29) is 5.97 Å². The molecule has 0 aliphatic rings. The minimum atomic E-state index is -0.747. The zero-order valence-electron chi connectivity index (χ0n) is 11.1. The summed E-state index contributed by atoms with van der Waals surface area (Å²) in [5.74, 6) is -1.12. The van der Waals surface area contributed by atoms with Crippen LogP contribution in [0.15, 0.2) is 17.5 Å². The highest BCUT2D eigenvalue weighted by Gasteiger charge is 2.27. The van der Waals surface area contributed by atoms with E-state index >= 15 is 0 Å². The number of rotatable bonds is 6. The van der Waals surface area contributed by atoms with Crippen molar-refractivity contribution in [1.82, 2.24) is 0 Å². The Labute approximate surface area is 111 Å². The van der Waals surface area contributed by atoms with Crippen molar-refractivity contribution in [2.75, 3.05) is 20.8 Å². The molecule has 1 atom stereocenters. The van der Waals surface area contributed by atoms with Crippen LogP contribution in [0.4, 0.5) is 0 Å². The van der Waals surface area contributed by atoms with Crippen molar-refractivity contribution >= 4 is 23.4 Å². The summed E-state index contributed by atoms with van der Waals surface area (Å²) in [6.07, 6.45) is 3.10. The smallest absolute Gasteiger partial charge is 0.330 e. The molecule has 0 aliphatic heterocycles. The molecule has 0 bridgehead atoms. The van der Waals surface area contributed by atoms with Gasteiger partial charge in [-0.25, -0.2) is 4.79 Å². The third-order valence-corrected chi connectivity index (χ3v) is 3.44. The lowest BCUT2D eigenvalue weighted by Gasteiger charge is -2.26. The van der Waals surface area contributed by atoms with Crippen LogP contribution in [-0.4, -0.2) is 26.8 Å². The van der Waals surface area contributed by atoms with Gasteiger partial charge >= 0.3 is 5.97 Å². The van der Waals surface area contributed by atoms with Gasteiger partial charge in [-0.15, -0.1) is 11.3 Å². The highest BCUT2D eigenvalue weighted by molar-refractivity contribution is 7.11. The average Bonchev–Trinajstić information content (AvgIpc) is 2.85. The molecule has 1 aromatic rings. The standard InChI is InChI=1S/C13H18O4S/c1-5-17-13(2,16-4)10-8-11(18-9-10)6-7-12(14)15-3/h6-9H,5H2,1-4H3/b7-6+. The van der Waals surface area contributed by atoms with E-state index in [2.05, 4.69) is 4.74 Å². The summed E-state index contributed by atoms with van der Waals surface area (Å²) in [6, 6.07) is 1.93. The zero-order chi connectivity index (χ0) is 13.6. The van der Waals surface area contributed by atoms with Crippen molar-refractivity contribution in [3.05, 3.63) is 28.0 Å². The molecular formula is C13H18O4S. The summed E-state index contributed by atoms with van der Waals surface area (Å²) in [6.45, 7) is 4.35. The van der Waals surface area contributed by atoms with Gasteiger partial charge in [-0.2, -0.15) is 0 Å². The van der Waals surface area contributed by atoms with Crippen LogP contribution in [0, 0.1) is 0 Å².